The molecular formula is C100H139N15O19. The molecule has 4 aromatic carbocycles. The van der Waals surface area contributed by atoms with Crippen LogP contribution in [0.5, 0.6) is 0 Å². The zero-order valence-electron chi connectivity index (χ0n) is 78.9. The molecule has 15 rings (SSSR count). The van der Waals surface area contributed by atoms with Crippen LogP contribution in [0.1, 0.15) is 151 Å². The van der Waals surface area contributed by atoms with Crippen LogP contribution in [0.3, 0.4) is 0 Å². The molecular weight excluding hydrogens is 1720 g/mol. The quantitative estimate of drug-likeness (QED) is 0.0312. The van der Waals surface area contributed by atoms with Gasteiger partial charge in [0, 0.05) is 172 Å². The topological polar surface area (TPSA) is 424 Å². The molecule has 7 saturated heterocycles. The Balaban J connectivity index is 0.000000174. The fourth-order valence-electron chi connectivity index (χ4n) is 23.2. The second kappa shape index (κ2) is 47.1. The standard InChI is InChI=1S/3C25H34N4O2.C17H25N3O.2C4H6O6/c3*1-26-22-10-7-13-29(22)23(30)11-12-25(14-19-8-5-4-6-9-19)15-20-17-28(18-21(20)16-25)24(31)27(2)3;1-19(2)16(21)20-11-14-9-17(18,10-15(14)12-20)8-13-6-4-3-5-7-13;2*5-1(3(7)8)2(6)4(9)10/h3*4-6,8-9,20-22H,7,10-18H2,2-3H3;3-7,14-15H,8-12,18H2,1-2H3;2*1-2,5-6H,(H,7,8)(H,9,10)/t3*20-,21+,22-,25?;14-,15+,17?;;/m000.../s1. The van der Waals surface area contributed by atoms with Crippen LogP contribution in [0.4, 0.5) is 19.2 Å². The third kappa shape index (κ3) is 27.4. The molecule has 7 heterocycles. The van der Waals surface area contributed by atoms with Gasteiger partial charge in [0.1, 0.15) is 0 Å². The minimum absolute atomic E-state index is 0.0933. The molecule has 4 saturated carbocycles. The maximum Gasteiger partial charge on any atom is 0.335 e. The molecule has 11 aliphatic rings. The van der Waals surface area contributed by atoms with E-state index in [-0.39, 0.29) is 82.1 Å². The molecule has 134 heavy (non-hydrogen) atoms. The summed E-state index contributed by atoms with van der Waals surface area (Å²) in [5.74, 6) is -2.38. The Morgan fingerprint density at radius 2 is 0.530 bits per heavy atom. The highest BCUT2D eigenvalue weighted by molar-refractivity contribution is 5.84. The number of carboxylic acid groups (broad SMARTS) is 4. The summed E-state index contributed by atoms with van der Waals surface area (Å²) in [4.78, 5) is 158. The van der Waals surface area contributed by atoms with E-state index in [0.29, 0.717) is 66.6 Å². The summed E-state index contributed by atoms with van der Waals surface area (Å²) in [5, 5.41) is 65.1. The van der Waals surface area contributed by atoms with Gasteiger partial charge in [-0.25, -0.2) is 58.1 Å². The number of hydrogen-bond acceptors (Lipinski definition) is 16. The number of likely N-dealkylation sites (tertiary alicyclic amines) is 7. The number of aliphatic hydroxyl groups is 4. The van der Waals surface area contributed by atoms with Gasteiger partial charge in [-0.05, 0) is 201 Å². The molecule has 4 aromatic rings. The van der Waals surface area contributed by atoms with E-state index in [9.17, 15) is 52.7 Å². The second-order valence-electron chi connectivity index (χ2n) is 40.2. The molecule has 0 radical (unpaired) electrons. The Hall–Kier alpha value is -11.5. The lowest BCUT2D eigenvalue weighted by Gasteiger charge is -2.32. The van der Waals surface area contributed by atoms with Crippen LogP contribution < -0.4 is 5.73 Å². The number of fused-ring (bicyclic) bond motifs is 4. The normalized spacial score (nSPS) is 27.8. The summed E-state index contributed by atoms with van der Waals surface area (Å²) in [6.45, 7) is 31.0. The Bertz CT molecular complexity index is 4340. The van der Waals surface area contributed by atoms with Crippen molar-refractivity contribution in [3.63, 3.8) is 0 Å². The SMILES string of the molecule is CN(C)C(=O)N1C[C@@H]2CC(N)(Cc3ccccc3)C[C@@H]2C1.O=C(O)C(O)C(O)C(=O)O.O=C(O)C(O)C(O)C(=O)O.[C-]#[N+][C@@H]1CCCN1C(=O)CCC1(Cc2ccccc2)C[C@H]2CN(C(=O)N(C)C)C[C@H]2C1.[C-]#[N+][C@@H]1CCCN1C(=O)CCC1(Cc2ccccc2)C[C@H]2CN(C(=O)N(C)C)C[C@H]2C1.[C-]#[N+][C@@H]1CCCN1C(=O)CCC1(Cc2ccccc2)C[C@H]2CN(C(=O)N(C)C)C[C@H]2C1. The molecule has 34 nitrogen and oxygen atoms in total. The maximum atomic E-state index is 13.0. The largest absolute Gasteiger partial charge is 0.479 e. The van der Waals surface area contributed by atoms with E-state index in [0.717, 1.165) is 207 Å². The van der Waals surface area contributed by atoms with E-state index in [1.807, 2.05) is 100 Å². The molecule has 11 amide bonds. The number of carbonyl (C=O) groups excluding carboxylic acids is 7. The van der Waals surface area contributed by atoms with Crippen molar-refractivity contribution in [3.8, 4) is 0 Å². The molecule has 34 heteroatoms. The van der Waals surface area contributed by atoms with Gasteiger partial charge < -0.3 is 85.8 Å². The molecule has 11 fully saturated rings. The van der Waals surface area contributed by atoms with Crippen molar-refractivity contribution in [1.29, 1.82) is 0 Å². The van der Waals surface area contributed by atoms with Crippen LogP contribution in [0.25, 0.3) is 14.5 Å². The van der Waals surface area contributed by atoms with Gasteiger partial charge in [0.25, 0.3) is 0 Å². The molecule has 4 aliphatic carbocycles. The average Bonchev–Trinajstić information content (AvgIpc) is 1.63. The van der Waals surface area contributed by atoms with Crippen molar-refractivity contribution in [1.82, 2.24) is 53.9 Å². The highest BCUT2D eigenvalue weighted by Crippen LogP contribution is 2.57. The molecule has 10 N–H and O–H groups in total. The zero-order valence-corrected chi connectivity index (χ0v) is 78.9. The van der Waals surface area contributed by atoms with Gasteiger partial charge in [0.2, 0.25) is 17.7 Å². The van der Waals surface area contributed by atoms with Gasteiger partial charge in [-0.15, -0.1) is 0 Å². The van der Waals surface area contributed by atoms with E-state index >= 15 is 0 Å². The van der Waals surface area contributed by atoms with E-state index in [2.05, 4.69) is 112 Å². The van der Waals surface area contributed by atoms with Crippen molar-refractivity contribution in [3.05, 3.63) is 178 Å². The van der Waals surface area contributed by atoms with E-state index in [1.54, 1.807) is 34.3 Å². The second-order valence-corrected chi connectivity index (χ2v) is 40.2. The van der Waals surface area contributed by atoms with Gasteiger partial charge in [-0.1, -0.05) is 121 Å². The van der Waals surface area contributed by atoms with Crippen molar-refractivity contribution in [2.24, 2.45) is 69.3 Å². The molecule has 8 unspecified atom stereocenters. The summed E-state index contributed by atoms with van der Waals surface area (Å²) < 4.78 is 0. The van der Waals surface area contributed by atoms with E-state index < -0.39 is 48.3 Å². The van der Waals surface area contributed by atoms with Crippen LogP contribution in [0.2, 0.25) is 0 Å². The summed E-state index contributed by atoms with van der Waals surface area (Å²) in [7, 11) is 14.5. The monoisotopic (exact) mass is 1850 g/mol. The van der Waals surface area contributed by atoms with Crippen molar-refractivity contribution in [2.75, 3.05) is 128 Å². The number of aliphatic carboxylic acids is 4. The molecule has 728 valence electrons. The lowest BCUT2D eigenvalue weighted by molar-refractivity contribution is -0.165. The number of urea groups is 4. The Morgan fingerprint density at radius 3 is 0.716 bits per heavy atom. The number of benzene rings is 4. The van der Waals surface area contributed by atoms with E-state index in [1.165, 1.54) is 22.3 Å². The first-order valence-electron chi connectivity index (χ1n) is 47.0. The molecule has 0 spiro atoms. The van der Waals surface area contributed by atoms with Crippen LogP contribution in [0, 0.1) is 83.3 Å². The number of aliphatic hydroxyl groups excluding tert-OH is 4. The lowest BCUT2D eigenvalue weighted by Crippen LogP contribution is -2.43. The zero-order chi connectivity index (χ0) is 97.7. The fraction of sp³-hybridized carbons (Fsp3) is 0.620. The Labute approximate surface area is 787 Å². The van der Waals surface area contributed by atoms with Crippen LogP contribution in [-0.4, -0.2) is 337 Å². The van der Waals surface area contributed by atoms with Gasteiger partial charge >= 0.3 is 66.5 Å². The summed E-state index contributed by atoms with van der Waals surface area (Å²) >= 11 is 0. The number of amides is 11. The van der Waals surface area contributed by atoms with E-state index in [4.69, 9.17) is 66.3 Å². The van der Waals surface area contributed by atoms with Crippen molar-refractivity contribution < 1.29 is 93.6 Å². The number of carboxylic acids is 4. The average molecular weight is 1860 g/mol. The first kappa shape index (κ1) is 105. The lowest BCUT2D eigenvalue weighted by atomic mass is 9.75. The third-order valence-corrected chi connectivity index (χ3v) is 29.4. The predicted octanol–water partition coefficient (Wildman–Crippen LogP) is 9.37. The molecule has 0 aromatic heterocycles. The van der Waals surface area contributed by atoms with Crippen LogP contribution in [-0.2, 0) is 59.2 Å². The number of carbonyl (C=O) groups is 11. The summed E-state index contributed by atoms with van der Waals surface area (Å²) in [5.41, 5.74) is 12.2. The Morgan fingerprint density at radius 1 is 0.336 bits per heavy atom. The highest BCUT2D eigenvalue weighted by atomic mass is 16.4. The smallest absolute Gasteiger partial charge is 0.335 e. The minimum atomic E-state index is -2.27. The maximum absolute atomic E-state index is 13.0. The minimum Gasteiger partial charge on any atom is -0.479 e. The first-order chi connectivity index (χ1) is 63.6. The van der Waals surface area contributed by atoms with Gasteiger partial charge in [-0.2, -0.15) is 0 Å². The van der Waals surface area contributed by atoms with Crippen LogP contribution >= 0.6 is 0 Å². The predicted molar refractivity (Wildman–Crippen MR) is 499 cm³/mol. The van der Waals surface area contributed by atoms with Gasteiger partial charge in [0.05, 0.1) is 0 Å². The number of nitrogens with two attached hydrogens (primary N) is 1. The molecule has 0 bridgehead atoms. The van der Waals surface area contributed by atoms with Crippen LogP contribution in [0.15, 0.2) is 121 Å². The molecule has 19 atom stereocenters. The first-order valence-corrected chi connectivity index (χ1v) is 47.0. The summed E-state index contributed by atoms with van der Waals surface area (Å²) in [6.07, 6.45) is 12.0. The van der Waals surface area contributed by atoms with Gasteiger partial charge in [0.15, 0.2) is 24.4 Å². The molecule has 7 aliphatic heterocycles. The summed E-state index contributed by atoms with van der Waals surface area (Å²) in [6, 6.07) is 42.8. The number of rotatable bonds is 23. The highest BCUT2D eigenvalue weighted by Gasteiger charge is 2.55. The number of hydrogen-bond donors (Lipinski definition) is 9. The van der Waals surface area contributed by atoms with Crippen molar-refractivity contribution in [2.45, 2.75) is 203 Å². The van der Waals surface area contributed by atoms with Gasteiger partial charge in [-0.3, -0.25) is 43.6 Å². The van der Waals surface area contributed by atoms with Crippen molar-refractivity contribution >= 4 is 65.7 Å². The number of nitrogens with zero attached hydrogens (tertiary/aromatic N) is 14. The fourth-order valence-corrected chi connectivity index (χ4v) is 23.2. The Kier molecular flexibility index (Phi) is 36.8. The third-order valence-electron chi connectivity index (χ3n) is 29.4.